The van der Waals surface area contributed by atoms with E-state index >= 15 is 0 Å². The molecule has 0 saturated carbocycles. The molecule has 25 heavy (non-hydrogen) atoms. The van der Waals surface area contributed by atoms with Crippen LogP contribution in [0.4, 0.5) is 14.5 Å². The van der Waals surface area contributed by atoms with Crippen LogP contribution in [0.1, 0.15) is 5.69 Å². The van der Waals surface area contributed by atoms with Gasteiger partial charge in [-0.2, -0.15) is 9.57 Å². The van der Waals surface area contributed by atoms with E-state index in [0.717, 1.165) is 22.1 Å². The lowest BCUT2D eigenvalue weighted by molar-refractivity contribution is 0.382. The van der Waals surface area contributed by atoms with Crippen LogP contribution in [0.2, 0.25) is 0 Å². The molecule has 0 radical (unpaired) electrons. The van der Waals surface area contributed by atoms with Crippen molar-refractivity contribution in [1.82, 2.24) is 9.29 Å². The fourth-order valence-corrected chi connectivity index (χ4v) is 4.14. The van der Waals surface area contributed by atoms with E-state index in [1.807, 2.05) is 11.0 Å². The summed E-state index contributed by atoms with van der Waals surface area (Å²) in [6, 6.07) is 7.63. The van der Waals surface area contributed by atoms with Crippen molar-refractivity contribution in [2.24, 2.45) is 0 Å². The summed E-state index contributed by atoms with van der Waals surface area (Å²) in [6.07, 6.45) is 1.55. The van der Waals surface area contributed by atoms with Crippen LogP contribution in [0.3, 0.4) is 0 Å². The van der Waals surface area contributed by atoms with Gasteiger partial charge >= 0.3 is 0 Å². The third-order valence-corrected chi connectivity index (χ3v) is 5.89. The lowest BCUT2D eigenvalue weighted by Crippen LogP contribution is -2.48. The minimum Gasteiger partial charge on any atom is -0.368 e. The summed E-state index contributed by atoms with van der Waals surface area (Å²) >= 11 is 0. The number of nitriles is 1. The fourth-order valence-electron chi connectivity index (χ4n) is 2.64. The molecular formula is C16H14F2N4O2S. The van der Waals surface area contributed by atoms with Crippen molar-refractivity contribution in [1.29, 1.82) is 5.26 Å². The molecule has 0 unspecified atom stereocenters. The number of nitrogens with zero attached hydrogens (tertiary/aromatic N) is 4. The smallest absolute Gasteiger partial charge is 0.246 e. The van der Waals surface area contributed by atoms with E-state index in [1.165, 1.54) is 0 Å². The van der Waals surface area contributed by atoms with E-state index in [-0.39, 0.29) is 13.1 Å². The molecule has 0 spiro atoms. The van der Waals surface area contributed by atoms with Crippen molar-refractivity contribution >= 4 is 15.7 Å². The molecule has 1 aliphatic rings. The minimum absolute atomic E-state index is 0.137. The molecule has 0 amide bonds. The first kappa shape index (κ1) is 17.3. The summed E-state index contributed by atoms with van der Waals surface area (Å²) in [5.74, 6) is -1.78. The molecule has 130 valence electrons. The van der Waals surface area contributed by atoms with Gasteiger partial charge in [0.05, 0.1) is 11.9 Å². The highest BCUT2D eigenvalue weighted by atomic mass is 32.2. The molecule has 6 nitrogen and oxygen atoms in total. The number of sulfonamides is 1. The molecule has 1 fully saturated rings. The standard InChI is InChI=1S/C16H14F2N4O2S/c17-12-1-4-15(18)16(9-12)25(23,24)22-7-5-21(6-8-22)14-3-2-13(10-19)20-11-14/h1-4,9,11H,5-8H2. The average molecular weight is 364 g/mol. The quantitative estimate of drug-likeness (QED) is 0.829. The molecule has 9 heteroatoms. The Morgan fingerprint density at radius 2 is 1.80 bits per heavy atom. The zero-order chi connectivity index (χ0) is 18.0. The Morgan fingerprint density at radius 1 is 1.08 bits per heavy atom. The third kappa shape index (κ3) is 3.45. The van der Waals surface area contributed by atoms with Gasteiger partial charge < -0.3 is 4.90 Å². The molecule has 0 N–H and O–H groups in total. The van der Waals surface area contributed by atoms with Crippen molar-refractivity contribution in [3.8, 4) is 6.07 Å². The van der Waals surface area contributed by atoms with Gasteiger partial charge in [-0.3, -0.25) is 0 Å². The van der Waals surface area contributed by atoms with Crippen LogP contribution in [0, 0.1) is 23.0 Å². The minimum atomic E-state index is -4.10. The first-order valence-electron chi connectivity index (χ1n) is 7.48. The van der Waals surface area contributed by atoms with Gasteiger partial charge in [0.1, 0.15) is 28.3 Å². The second-order valence-electron chi connectivity index (χ2n) is 5.48. The van der Waals surface area contributed by atoms with Gasteiger partial charge in [0, 0.05) is 26.2 Å². The lowest BCUT2D eigenvalue weighted by Gasteiger charge is -2.35. The van der Waals surface area contributed by atoms with E-state index in [9.17, 15) is 17.2 Å². The molecule has 1 saturated heterocycles. The SMILES string of the molecule is N#Cc1ccc(N2CCN(S(=O)(=O)c3cc(F)ccc3F)CC2)cn1. The van der Waals surface area contributed by atoms with Gasteiger partial charge in [-0.15, -0.1) is 0 Å². The van der Waals surface area contributed by atoms with Gasteiger partial charge in [-0.05, 0) is 30.3 Å². The zero-order valence-corrected chi connectivity index (χ0v) is 13.9. The van der Waals surface area contributed by atoms with Crippen LogP contribution in [-0.2, 0) is 10.0 Å². The van der Waals surface area contributed by atoms with E-state index in [2.05, 4.69) is 4.98 Å². The molecule has 2 heterocycles. The summed E-state index contributed by atoms with van der Waals surface area (Å²) in [5.41, 5.74) is 1.07. The van der Waals surface area contributed by atoms with Gasteiger partial charge in [0.25, 0.3) is 0 Å². The molecule has 0 atom stereocenters. The Hall–Kier alpha value is -2.57. The summed E-state index contributed by atoms with van der Waals surface area (Å²) < 4.78 is 53.3. The van der Waals surface area contributed by atoms with Crippen molar-refractivity contribution in [2.75, 3.05) is 31.1 Å². The van der Waals surface area contributed by atoms with E-state index < -0.39 is 26.6 Å². The number of piperazine rings is 1. The maximum Gasteiger partial charge on any atom is 0.246 e. The number of benzene rings is 1. The molecule has 3 rings (SSSR count). The molecule has 0 aliphatic carbocycles. The van der Waals surface area contributed by atoms with Crippen LogP contribution >= 0.6 is 0 Å². The maximum atomic E-state index is 13.8. The second-order valence-corrected chi connectivity index (χ2v) is 7.39. The number of anilines is 1. The number of pyridine rings is 1. The van der Waals surface area contributed by atoms with Crippen LogP contribution in [0.5, 0.6) is 0 Å². The molecule has 1 aromatic carbocycles. The fraction of sp³-hybridized carbons (Fsp3) is 0.250. The van der Waals surface area contributed by atoms with Crippen LogP contribution in [0.15, 0.2) is 41.4 Å². The number of hydrogen-bond donors (Lipinski definition) is 0. The Morgan fingerprint density at radius 3 is 2.40 bits per heavy atom. The Kier molecular flexibility index (Phi) is 4.65. The predicted octanol–water partition coefficient (Wildman–Crippen LogP) is 1.74. The van der Waals surface area contributed by atoms with Crippen LogP contribution in [0.25, 0.3) is 0 Å². The van der Waals surface area contributed by atoms with Gasteiger partial charge in [0.15, 0.2) is 0 Å². The van der Waals surface area contributed by atoms with E-state index in [0.29, 0.717) is 24.8 Å². The molecule has 1 aliphatic heterocycles. The summed E-state index contributed by atoms with van der Waals surface area (Å²) in [7, 11) is -4.10. The largest absolute Gasteiger partial charge is 0.368 e. The number of rotatable bonds is 3. The summed E-state index contributed by atoms with van der Waals surface area (Å²) in [4.78, 5) is 5.25. The van der Waals surface area contributed by atoms with Crippen molar-refractivity contribution in [3.05, 3.63) is 53.9 Å². The number of halogens is 2. The highest BCUT2D eigenvalue weighted by molar-refractivity contribution is 7.89. The molecule has 0 bridgehead atoms. The normalized spacial score (nSPS) is 15.8. The first-order chi connectivity index (χ1) is 11.9. The van der Waals surface area contributed by atoms with Crippen LogP contribution < -0.4 is 4.90 Å². The van der Waals surface area contributed by atoms with Gasteiger partial charge in [-0.25, -0.2) is 22.2 Å². The topological polar surface area (TPSA) is 77.3 Å². The first-order valence-corrected chi connectivity index (χ1v) is 8.92. The number of aromatic nitrogens is 1. The zero-order valence-electron chi connectivity index (χ0n) is 13.1. The van der Waals surface area contributed by atoms with Gasteiger partial charge in [-0.1, -0.05) is 0 Å². The Balaban J connectivity index is 1.75. The molecule has 1 aromatic heterocycles. The van der Waals surface area contributed by atoms with Crippen molar-refractivity contribution in [3.63, 3.8) is 0 Å². The number of hydrogen-bond acceptors (Lipinski definition) is 5. The van der Waals surface area contributed by atoms with Crippen LogP contribution in [-0.4, -0.2) is 43.9 Å². The third-order valence-electron chi connectivity index (χ3n) is 3.98. The molecule has 2 aromatic rings. The Labute approximate surface area is 144 Å². The summed E-state index contributed by atoms with van der Waals surface area (Å²) in [6.45, 7) is 1.03. The van der Waals surface area contributed by atoms with Crippen molar-refractivity contribution < 1.29 is 17.2 Å². The maximum absolute atomic E-state index is 13.8. The average Bonchev–Trinajstić information content (AvgIpc) is 2.64. The van der Waals surface area contributed by atoms with E-state index in [1.54, 1.807) is 18.3 Å². The Bertz CT molecular complexity index is 918. The predicted molar refractivity (Wildman–Crippen MR) is 86.3 cm³/mol. The highest BCUT2D eigenvalue weighted by Gasteiger charge is 2.31. The van der Waals surface area contributed by atoms with Crippen molar-refractivity contribution in [2.45, 2.75) is 4.90 Å². The second kappa shape index (κ2) is 6.74. The lowest BCUT2D eigenvalue weighted by atomic mass is 10.3. The molecular weight excluding hydrogens is 350 g/mol. The monoisotopic (exact) mass is 364 g/mol. The highest BCUT2D eigenvalue weighted by Crippen LogP contribution is 2.23. The van der Waals surface area contributed by atoms with Gasteiger partial charge in [0.2, 0.25) is 10.0 Å². The summed E-state index contributed by atoms with van der Waals surface area (Å²) in [5, 5.41) is 8.76. The van der Waals surface area contributed by atoms with E-state index in [4.69, 9.17) is 5.26 Å².